The van der Waals surface area contributed by atoms with E-state index in [1.54, 1.807) is 7.11 Å². The third-order valence-electron chi connectivity index (χ3n) is 10.8. The summed E-state index contributed by atoms with van der Waals surface area (Å²) in [4.78, 5) is 22.1. The second-order valence-electron chi connectivity index (χ2n) is 13.5. The predicted octanol–water partition coefficient (Wildman–Crippen LogP) is 5.70. The van der Waals surface area contributed by atoms with Crippen LogP contribution in [0.4, 0.5) is 5.82 Å². The highest BCUT2D eigenvalue weighted by atomic mass is 16.5. The molecule has 3 aliphatic heterocycles. The summed E-state index contributed by atoms with van der Waals surface area (Å²) in [5, 5.41) is 10.1. The van der Waals surface area contributed by atoms with Gasteiger partial charge in [-0.3, -0.25) is 9.69 Å². The van der Waals surface area contributed by atoms with Crippen molar-refractivity contribution in [3.8, 4) is 17.0 Å². The number of aryl methyl sites for hydroxylation is 1. The van der Waals surface area contributed by atoms with E-state index in [0.29, 0.717) is 38.1 Å². The van der Waals surface area contributed by atoms with Crippen molar-refractivity contribution in [2.45, 2.75) is 64.1 Å². The fraction of sp³-hybridized carbons (Fsp3) is 0.514. The van der Waals surface area contributed by atoms with Gasteiger partial charge in [0.05, 0.1) is 23.8 Å². The van der Waals surface area contributed by atoms with Crippen molar-refractivity contribution >= 4 is 11.8 Å². The average molecular weight is 612 g/mol. The molecule has 3 aromatic rings. The Hall–Kier alpha value is -3.46. The molecule has 8 nitrogen and oxygen atoms in total. The van der Waals surface area contributed by atoms with Crippen LogP contribution in [0.5, 0.6) is 5.75 Å². The largest absolute Gasteiger partial charge is 0.488 e. The van der Waals surface area contributed by atoms with Crippen molar-refractivity contribution in [3.05, 3.63) is 76.9 Å². The third-order valence-corrected chi connectivity index (χ3v) is 10.8. The number of hydrogen-bond acceptors (Lipinski definition) is 7. The Morgan fingerprint density at radius 3 is 2.73 bits per heavy atom. The molecule has 1 aromatic heterocycles. The Morgan fingerprint density at radius 2 is 1.93 bits per heavy atom. The number of pyridine rings is 1. The van der Waals surface area contributed by atoms with Crippen molar-refractivity contribution in [1.82, 2.24) is 9.88 Å². The number of piperidine rings is 1. The number of aromatic nitrogens is 1. The highest BCUT2D eigenvalue weighted by Gasteiger charge is 2.71. The number of carboxylic acid groups (broad SMARTS) is 1. The number of carbonyl (C=O) groups is 1. The van der Waals surface area contributed by atoms with E-state index in [0.717, 1.165) is 74.0 Å². The molecule has 0 radical (unpaired) electrons. The lowest BCUT2D eigenvalue weighted by molar-refractivity contribution is -0.144. The number of hydrogen-bond donors (Lipinski definition) is 1. The van der Waals surface area contributed by atoms with Gasteiger partial charge in [0, 0.05) is 51.6 Å². The van der Waals surface area contributed by atoms with E-state index >= 15 is 0 Å². The summed E-state index contributed by atoms with van der Waals surface area (Å²) in [5.41, 5.74) is 6.14. The SMILES string of the molecule is COC[C@H]1N(c2cccc(-c3cccc(C)c3OCc3ccc4c(c3)[C@H](C)CN(C3CCOCC3)CC4)n2)CC2C[C@@]21C(=O)O. The van der Waals surface area contributed by atoms with Crippen LogP contribution in [0.2, 0.25) is 0 Å². The molecule has 3 fully saturated rings. The Bertz CT molecular complexity index is 1550. The number of aliphatic carboxylic acids is 1. The molecule has 0 spiro atoms. The molecule has 1 saturated carbocycles. The zero-order chi connectivity index (χ0) is 31.1. The zero-order valence-corrected chi connectivity index (χ0v) is 26.7. The minimum absolute atomic E-state index is 0.132. The van der Waals surface area contributed by atoms with E-state index in [-0.39, 0.29) is 12.0 Å². The number of ether oxygens (including phenoxy) is 3. The minimum Gasteiger partial charge on any atom is -0.488 e. The number of benzene rings is 2. The molecule has 2 saturated heterocycles. The first kappa shape index (κ1) is 30.2. The van der Waals surface area contributed by atoms with Gasteiger partial charge in [-0.2, -0.15) is 0 Å². The molecule has 1 N–H and O–H groups in total. The quantitative estimate of drug-likeness (QED) is 0.330. The van der Waals surface area contributed by atoms with Crippen LogP contribution in [0.3, 0.4) is 0 Å². The molecule has 4 heterocycles. The highest BCUT2D eigenvalue weighted by Crippen LogP contribution is 2.62. The van der Waals surface area contributed by atoms with Crippen molar-refractivity contribution in [1.29, 1.82) is 0 Å². The van der Waals surface area contributed by atoms with Gasteiger partial charge >= 0.3 is 5.97 Å². The third kappa shape index (κ3) is 5.62. The van der Waals surface area contributed by atoms with E-state index in [1.807, 2.05) is 24.3 Å². The number of methoxy groups -OCH3 is 1. The van der Waals surface area contributed by atoms with Crippen molar-refractivity contribution in [3.63, 3.8) is 0 Å². The molecule has 2 aromatic carbocycles. The van der Waals surface area contributed by atoms with E-state index in [1.165, 1.54) is 16.7 Å². The summed E-state index contributed by atoms with van der Waals surface area (Å²) in [5.74, 6) is 1.48. The number of carboxylic acids is 1. The summed E-state index contributed by atoms with van der Waals surface area (Å²) in [6.45, 7) is 9.90. The van der Waals surface area contributed by atoms with Crippen LogP contribution >= 0.6 is 0 Å². The standard InChI is InChI=1S/C37H45N3O5/c1-24-6-4-7-30(32-8-5-9-34(38-32)40-21-28-19-37(28,36(41)42)33(40)23-43-3)35(24)45-22-26-10-11-27-12-15-39(20-25(2)31(27)18-26)29-13-16-44-17-14-29/h4-11,18,25,28-29,33H,12-17,19-23H2,1-3H3,(H,41,42)/t25-,28?,33-,37-/m1/s1. The summed E-state index contributed by atoms with van der Waals surface area (Å²) < 4.78 is 17.7. The maximum Gasteiger partial charge on any atom is 0.312 e. The van der Waals surface area contributed by atoms with Crippen molar-refractivity contribution < 1.29 is 24.1 Å². The van der Waals surface area contributed by atoms with Gasteiger partial charge in [-0.05, 0) is 84.9 Å². The second kappa shape index (κ2) is 12.4. The lowest BCUT2D eigenvalue weighted by Gasteiger charge is -2.34. The molecule has 7 rings (SSSR count). The molecule has 1 unspecified atom stereocenters. The molecule has 0 amide bonds. The molecule has 1 aliphatic carbocycles. The summed E-state index contributed by atoms with van der Waals surface area (Å²) in [6, 6.07) is 19.4. The van der Waals surface area contributed by atoms with Crippen LogP contribution in [0.1, 0.15) is 54.4 Å². The number of para-hydroxylation sites is 1. The fourth-order valence-corrected chi connectivity index (χ4v) is 8.22. The lowest BCUT2D eigenvalue weighted by Crippen LogP contribution is -2.43. The average Bonchev–Trinajstić information content (AvgIpc) is 3.74. The topological polar surface area (TPSA) is 84.4 Å². The molecule has 0 bridgehead atoms. The minimum atomic E-state index is -0.736. The molecule has 238 valence electrons. The first-order chi connectivity index (χ1) is 21.9. The summed E-state index contributed by atoms with van der Waals surface area (Å²) in [7, 11) is 1.64. The Labute approximate surface area is 266 Å². The lowest BCUT2D eigenvalue weighted by atomic mass is 9.93. The van der Waals surface area contributed by atoms with Crippen LogP contribution in [0, 0.1) is 18.3 Å². The van der Waals surface area contributed by atoms with Gasteiger partial charge in [0.2, 0.25) is 0 Å². The second-order valence-corrected chi connectivity index (χ2v) is 13.5. The monoisotopic (exact) mass is 611 g/mol. The van der Waals surface area contributed by atoms with Gasteiger partial charge in [-0.15, -0.1) is 0 Å². The number of nitrogens with zero attached hydrogens (tertiary/aromatic N) is 3. The van der Waals surface area contributed by atoms with Crippen molar-refractivity contribution in [2.24, 2.45) is 11.3 Å². The Balaban J connectivity index is 1.10. The predicted molar refractivity (Wildman–Crippen MR) is 174 cm³/mol. The van der Waals surface area contributed by atoms with Crippen LogP contribution in [-0.4, -0.2) is 79.6 Å². The van der Waals surface area contributed by atoms with Crippen LogP contribution in [0.15, 0.2) is 54.6 Å². The van der Waals surface area contributed by atoms with Crippen LogP contribution in [-0.2, 0) is 27.3 Å². The maximum atomic E-state index is 12.3. The highest BCUT2D eigenvalue weighted by molar-refractivity contribution is 5.82. The Kier molecular flexibility index (Phi) is 8.31. The van der Waals surface area contributed by atoms with Gasteiger partial charge < -0.3 is 24.2 Å². The van der Waals surface area contributed by atoms with Crippen LogP contribution < -0.4 is 9.64 Å². The smallest absolute Gasteiger partial charge is 0.312 e. The van der Waals surface area contributed by atoms with Crippen molar-refractivity contribution in [2.75, 3.05) is 51.5 Å². The Morgan fingerprint density at radius 1 is 1.11 bits per heavy atom. The fourth-order valence-electron chi connectivity index (χ4n) is 8.22. The van der Waals surface area contributed by atoms with Gasteiger partial charge in [0.15, 0.2) is 0 Å². The number of rotatable bonds is 9. The molecular formula is C37H45N3O5. The first-order valence-electron chi connectivity index (χ1n) is 16.5. The molecule has 4 atom stereocenters. The summed E-state index contributed by atoms with van der Waals surface area (Å²) >= 11 is 0. The molecule has 45 heavy (non-hydrogen) atoms. The first-order valence-corrected chi connectivity index (χ1v) is 16.5. The normalized spacial score (nSPS) is 26.6. The molecular weight excluding hydrogens is 566 g/mol. The van der Waals surface area contributed by atoms with E-state index in [4.69, 9.17) is 19.2 Å². The van der Waals surface area contributed by atoms with Gasteiger partial charge in [-0.1, -0.05) is 43.3 Å². The zero-order valence-electron chi connectivity index (χ0n) is 26.7. The van der Waals surface area contributed by atoms with Gasteiger partial charge in [0.25, 0.3) is 0 Å². The van der Waals surface area contributed by atoms with E-state index in [9.17, 15) is 9.90 Å². The maximum absolute atomic E-state index is 12.3. The van der Waals surface area contributed by atoms with E-state index < -0.39 is 11.4 Å². The number of anilines is 1. The molecule has 8 heteroatoms. The van der Waals surface area contributed by atoms with Gasteiger partial charge in [0.1, 0.15) is 18.2 Å². The molecule has 4 aliphatic rings. The van der Waals surface area contributed by atoms with Crippen LogP contribution in [0.25, 0.3) is 11.3 Å². The number of fused-ring (bicyclic) bond motifs is 2. The summed E-state index contributed by atoms with van der Waals surface area (Å²) in [6.07, 6.45) is 4.05. The van der Waals surface area contributed by atoms with E-state index in [2.05, 4.69) is 54.0 Å². The van der Waals surface area contributed by atoms with Gasteiger partial charge in [-0.25, -0.2) is 4.98 Å².